The molecular formula is C14H18N2O3S2. The van der Waals surface area contributed by atoms with Crippen LogP contribution in [-0.4, -0.2) is 19.3 Å². The molecule has 0 atom stereocenters. The van der Waals surface area contributed by atoms with Crippen molar-refractivity contribution in [3.05, 3.63) is 41.7 Å². The number of aryl methyl sites for hydroxylation is 1. The zero-order valence-electron chi connectivity index (χ0n) is 12.0. The van der Waals surface area contributed by atoms with Crippen molar-refractivity contribution in [2.75, 3.05) is 10.5 Å². The molecule has 0 radical (unpaired) electrons. The van der Waals surface area contributed by atoms with Crippen LogP contribution < -0.4 is 4.72 Å². The van der Waals surface area contributed by atoms with Crippen LogP contribution in [0, 0.1) is 6.92 Å². The van der Waals surface area contributed by atoms with Gasteiger partial charge in [-0.3, -0.25) is 4.72 Å². The fourth-order valence-corrected chi connectivity index (χ4v) is 3.56. The van der Waals surface area contributed by atoms with Gasteiger partial charge in [-0.1, -0.05) is 24.2 Å². The lowest BCUT2D eigenvalue weighted by Crippen LogP contribution is -2.13. The van der Waals surface area contributed by atoms with E-state index in [-0.39, 0.29) is 10.7 Å². The minimum atomic E-state index is -3.62. The van der Waals surface area contributed by atoms with Crippen LogP contribution in [0.4, 0.5) is 5.82 Å². The Hall–Kier alpha value is -1.47. The highest BCUT2D eigenvalue weighted by atomic mass is 32.2. The highest BCUT2D eigenvalue weighted by molar-refractivity contribution is 7.98. The molecule has 1 aromatic carbocycles. The van der Waals surface area contributed by atoms with Crippen LogP contribution in [0.25, 0.3) is 0 Å². The van der Waals surface area contributed by atoms with Crippen molar-refractivity contribution in [3.8, 4) is 0 Å². The van der Waals surface area contributed by atoms with Crippen LogP contribution in [0.3, 0.4) is 0 Å². The van der Waals surface area contributed by atoms with Crippen LogP contribution in [0.5, 0.6) is 0 Å². The van der Waals surface area contributed by atoms with E-state index in [9.17, 15) is 8.42 Å². The number of anilines is 1. The molecule has 7 heteroatoms. The third kappa shape index (κ3) is 4.50. The maximum absolute atomic E-state index is 12.2. The van der Waals surface area contributed by atoms with Crippen molar-refractivity contribution in [2.24, 2.45) is 0 Å². The first-order chi connectivity index (χ1) is 10.0. The number of nitrogens with one attached hydrogen (secondary N) is 1. The number of hydrogen-bond acceptors (Lipinski definition) is 5. The molecule has 2 rings (SSSR count). The standard InChI is InChI=1S/C14H18N2O3S2/c1-3-8-20-10-12-4-6-13(7-5-12)21(17,18)16-14-9-11(2)19-15-14/h4-7,9H,3,8,10H2,1-2H3,(H,15,16). The maximum Gasteiger partial charge on any atom is 0.263 e. The summed E-state index contributed by atoms with van der Waals surface area (Å²) in [6.07, 6.45) is 1.14. The van der Waals surface area contributed by atoms with E-state index in [0.717, 1.165) is 23.5 Å². The van der Waals surface area contributed by atoms with Gasteiger partial charge in [-0.25, -0.2) is 8.42 Å². The van der Waals surface area contributed by atoms with Crippen molar-refractivity contribution in [1.29, 1.82) is 0 Å². The summed E-state index contributed by atoms with van der Waals surface area (Å²) in [6.45, 7) is 3.84. The Labute approximate surface area is 129 Å². The Balaban J connectivity index is 2.06. The van der Waals surface area contributed by atoms with E-state index >= 15 is 0 Å². The van der Waals surface area contributed by atoms with Gasteiger partial charge in [0.05, 0.1) is 4.90 Å². The molecule has 21 heavy (non-hydrogen) atoms. The molecule has 0 saturated heterocycles. The number of rotatable bonds is 7. The van der Waals surface area contributed by atoms with E-state index in [1.54, 1.807) is 19.1 Å². The third-order valence-electron chi connectivity index (χ3n) is 2.72. The van der Waals surface area contributed by atoms with Crippen molar-refractivity contribution >= 4 is 27.6 Å². The van der Waals surface area contributed by atoms with Crippen LogP contribution in [0.15, 0.2) is 39.8 Å². The minimum absolute atomic E-state index is 0.190. The van der Waals surface area contributed by atoms with Crippen LogP contribution in [0.1, 0.15) is 24.7 Å². The lowest BCUT2D eigenvalue weighted by atomic mass is 10.2. The second kappa shape index (κ2) is 7.00. The first-order valence-corrected chi connectivity index (χ1v) is 9.28. The lowest BCUT2D eigenvalue weighted by Gasteiger charge is -2.06. The molecule has 1 N–H and O–H groups in total. The van der Waals surface area contributed by atoms with E-state index in [0.29, 0.717) is 5.76 Å². The Morgan fingerprint density at radius 1 is 1.29 bits per heavy atom. The number of hydrogen-bond donors (Lipinski definition) is 1. The molecule has 0 fully saturated rings. The van der Waals surface area contributed by atoms with Gasteiger partial charge in [-0.05, 0) is 36.8 Å². The number of aromatic nitrogens is 1. The summed E-state index contributed by atoms with van der Waals surface area (Å²) in [5.74, 6) is 2.74. The molecule has 0 saturated carbocycles. The van der Waals surface area contributed by atoms with E-state index in [4.69, 9.17) is 4.52 Å². The van der Waals surface area contributed by atoms with Gasteiger partial charge in [0, 0.05) is 11.8 Å². The molecule has 0 amide bonds. The third-order valence-corrected chi connectivity index (χ3v) is 5.32. The number of benzene rings is 1. The summed E-state index contributed by atoms with van der Waals surface area (Å²) in [5, 5.41) is 3.63. The van der Waals surface area contributed by atoms with Gasteiger partial charge in [0.2, 0.25) is 0 Å². The van der Waals surface area contributed by atoms with Crippen molar-refractivity contribution in [3.63, 3.8) is 0 Å². The van der Waals surface area contributed by atoms with Crippen LogP contribution in [0.2, 0.25) is 0 Å². The molecule has 0 bridgehead atoms. The zero-order chi connectivity index (χ0) is 15.3. The van der Waals surface area contributed by atoms with Crippen molar-refractivity contribution in [1.82, 2.24) is 5.16 Å². The average Bonchev–Trinajstić information content (AvgIpc) is 2.84. The van der Waals surface area contributed by atoms with Gasteiger partial charge in [0.1, 0.15) is 5.76 Å². The predicted octanol–water partition coefficient (Wildman–Crippen LogP) is 3.43. The Morgan fingerprint density at radius 2 is 2.00 bits per heavy atom. The molecular weight excluding hydrogens is 308 g/mol. The van der Waals surface area contributed by atoms with Crippen LogP contribution in [-0.2, 0) is 15.8 Å². The van der Waals surface area contributed by atoms with E-state index in [1.807, 2.05) is 23.9 Å². The highest BCUT2D eigenvalue weighted by Gasteiger charge is 2.15. The summed E-state index contributed by atoms with van der Waals surface area (Å²) in [5.41, 5.74) is 1.12. The number of sulfonamides is 1. The monoisotopic (exact) mass is 326 g/mol. The fraction of sp³-hybridized carbons (Fsp3) is 0.357. The molecule has 0 unspecified atom stereocenters. The van der Waals surface area contributed by atoms with E-state index < -0.39 is 10.0 Å². The van der Waals surface area contributed by atoms with Gasteiger partial charge in [0.25, 0.3) is 10.0 Å². The molecule has 5 nitrogen and oxygen atoms in total. The first-order valence-electron chi connectivity index (χ1n) is 6.64. The molecule has 2 aromatic rings. The predicted molar refractivity (Wildman–Crippen MR) is 84.9 cm³/mol. The summed E-state index contributed by atoms with van der Waals surface area (Å²) >= 11 is 1.84. The molecule has 1 aromatic heterocycles. The topological polar surface area (TPSA) is 72.2 Å². The number of nitrogens with zero attached hydrogens (tertiary/aromatic N) is 1. The van der Waals surface area contributed by atoms with Gasteiger partial charge in [-0.15, -0.1) is 0 Å². The smallest absolute Gasteiger partial charge is 0.263 e. The maximum atomic E-state index is 12.2. The second-order valence-electron chi connectivity index (χ2n) is 4.62. The minimum Gasteiger partial charge on any atom is -0.360 e. The molecule has 0 aliphatic heterocycles. The summed E-state index contributed by atoms with van der Waals surface area (Å²) in [6, 6.07) is 8.43. The van der Waals surface area contributed by atoms with E-state index in [2.05, 4.69) is 16.8 Å². The van der Waals surface area contributed by atoms with Gasteiger partial charge in [0.15, 0.2) is 5.82 Å². The first kappa shape index (κ1) is 15.9. The highest BCUT2D eigenvalue weighted by Crippen LogP contribution is 2.18. The second-order valence-corrected chi connectivity index (χ2v) is 7.41. The average molecular weight is 326 g/mol. The summed E-state index contributed by atoms with van der Waals surface area (Å²) in [4.78, 5) is 0.215. The SMILES string of the molecule is CCCSCc1ccc(S(=O)(=O)Nc2cc(C)on2)cc1. The molecule has 114 valence electrons. The Morgan fingerprint density at radius 3 is 2.57 bits per heavy atom. The largest absolute Gasteiger partial charge is 0.360 e. The molecule has 0 spiro atoms. The van der Waals surface area contributed by atoms with E-state index in [1.165, 1.54) is 6.07 Å². The molecule has 1 heterocycles. The fourth-order valence-electron chi connectivity index (χ4n) is 1.71. The Bertz CT molecular complexity index is 678. The molecule has 0 aliphatic rings. The summed E-state index contributed by atoms with van der Waals surface area (Å²) < 4.78 is 31.6. The lowest BCUT2D eigenvalue weighted by molar-refractivity contribution is 0.400. The zero-order valence-corrected chi connectivity index (χ0v) is 13.6. The Kier molecular flexibility index (Phi) is 5.30. The van der Waals surface area contributed by atoms with Gasteiger partial charge < -0.3 is 4.52 Å². The molecule has 0 aliphatic carbocycles. The van der Waals surface area contributed by atoms with Crippen LogP contribution >= 0.6 is 11.8 Å². The summed E-state index contributed by atoms with van der Waals surface area (Å²) in [7, 11) is -3.62. The van der Waals surface area contributed by atoms with Crippen molar-refractivity contribution < 1.29 is 12.9 Å². The van der Waals surface area contributed by atoms with Gasteiger partial charge >= 0.3 is 0 Å². The normalized spacial score (nSPS) is 11.5. The van der Waals surface area contributed by atoms with Crippen molar-refractivity contribution in [2.45, 2.75) is 30.9 Å². The van der Waals surface area contributed by atoms with Gasteiger partial charge in [-0.2, -0.15) is 11.8 Å². The quantitative estimate of drug-likeness (QED) is 0.789. The number of thioether (sulfide) groups is 1.